The standard InChI is InChI=1S/C9H18O.C8H16OS.CH4/c1-9(2,3)8-4-6-10-7-5-8;1-8(2,3)7-5-10(4,9)6-7;/h8H,4-7H2,1-3H3;7H,4-6H2,1-3H3;1H4. The highest BCUT2D eigenvalue weighted by molar-refractivity contribution is 8.01. The lowest BCUT2D eigenvalue weighted by Crippen LogP contribution is -2.43. The molecule has 2 saturated heterocycles. The van der Waals surface area contributed by atoms with Crippen LogP contribution in [0, 0.1) is 22.7 Å². The molecule has 21 heavy (non-hydrogen) atoms. The van der Waals surface area contributed by atoms with Crippen molar-refractivity contribution in [2.24, 2.45) is 22.7 Å². The number of hydrogen-bond acceptors (Lipinski definition) is 2. The molecule has 2 nitrogen and oxygen atoms in total. The van der Waals surface area contributed by atoms with Crippen LogP contribution in [0.3, 0.4) is 0 Å². The highest BCUT2D eigenvalue weighted by Crippen LogP contribution is 2.35. The van der Waals surface area contributed by atoms with Crippen molar-refractivity contribution in [1.29, 1.82) is 0 Å². The van der Waals surface area contributed by atoms with Gasteiger partial charge >= 0.3 is 0 Å². The molecule has 2 heterocycles. The van der Waals surface area contributed by atoms with Crippen LogP contribution in [0.15, 0.2) is 0 Å². The summed E-state index contributed by atoms with van der Waals surface area (Å²) in [6.07, 6.45) is 2.51. The Balaban J connectivity index is 0.000000364. The van der Waals surface area contributed by atoms with Crippen molar-refractivity contribution in [3.05, 3.63) is 0 Å². The van der Waals surface area contributed by atoms with Crippen LogP contribution in [0.4, 0.5) is 0 Å². The van der Waals surface area contributed by atoms with E-state index in [1.54, 1.807) is 0 Å². The van der Waals surface area contributed by atoms with E-state index in [1.165, 1.54) is 12.8 Å². The van der Waals surface area contributed by atoms with Gasteiger partial charge in [-0.25, -0.2) is 0 Å². The number of ether oxygens (including phenoxy) is 1. The zero-order valence-electron chi connectivity index (χ0n) is 14.3. The fourth-order valence-electron chi connectivity index (χ4n) is 2.75. The molecule has 128 valence electrons. The SMILES string of the molecule is C.C=S1(=O)CC(C(C)(C)C)C1.CC(C)(C)C1CCOCC1. The first kappa shape index (κ1) is 21.0. The summed E-state index contributed by atoms with van der Waals surface area (Å²) in [6.45, 7) is 15.5. The summed E-state index contributed by atoms with van der Waals surface area (Å²) in [7, 11) is -1.61. The summed E-state index contributed by atoms with van der Waals surface area (Å²) in [5.41, 5.74) is 0.822. The minimum absolute atomic E-state index is 0. The summed E-state index contributed by atoms with van der Waals surface area (Å²) in [4.78, 5) is 0. The summed E-state index contributed by atoms with van der Waals surface area (Å²) in [5, 5.41) is 0. The molecule has 0 amide bonds. The van der Waals surface area contributed by atoms with Crippen LogP contribution >= 0.6 is 0 Å². The van der Waals surface area contributed by atoms with E-state index in [9.17, 15) is 4.21 Å². The van der Waals surface area contributed by atoms with Gasteiger partial charge in [-0.1, -0.05) is 49.0 Å². The lowest BCUT2D eigenvalue weighted by molar-refractivity contribution is 0.0286. The van der Waals surface area contributed by atoms with E-state index in [2.05, 4.69) is 47.4 Å². The normalized spacial score (nSPS) is 30.5. The minimum Gasteiger partial charge on any atom is -0.381 e. The highest BCUT2D eigenvalue weighted by Gasteiger charge is 2.36. The van der Waals surface area contributed by atoms with Crippen molar-refractivity contribution in [3.63, 3.8) is 0 Å². The van der Waals surface area contributed by atoms with Gasteiger partial charge in [0.2, 0.25) is 0 Å². The topological polar surface area (TPSA) is 26.3 Å². The van der Waals surface area contributed by atoms with Crippen LogP contribution in [0.1, 0.15) is 61.8 Å². The molecule has 0 N–H and O–H groups in total. The van der Waals surface area contributed by atoms with E-state index in [0.717, 1.165) is 30.6 Å². The van der Waals surface area contributed by atoms with E-state index >= 15 is 0 Å². The van der Waals surface area contributed by atoms with Crippen molar-refractivity contribution in [3.8, 4) is 0 Å². The predicted octanol–water partition coefficient (Wildman–Crippen LogP) is 4.47. The smallest absolute Gasteiger partial charge is 0.0468 e. The summed E-state index contributed by atoms with van der Waals surface area (Å²) in [6, 6.07) is 0. The molecule has 0 aliphatic carbocycles. The van der Waals surface area contributed by atoms with E-state index in [-0.39, 0.29) is 7.43 Å². The molecular formula is C18H38O2S. The van der Waals surface area contributed by atoms with Gasteiger partial charge in [0, 0.05) is 24.7 Å². The fraction of sp³-hybridized carbons (Fsp3) is 0.944. The second-order valence-corrected chi connectivity index (χ2v) is 11.2. The third kappa shape index (κ3) is 7.19. The van der Waals surface area contributed by atoms with Crippen LogP contribution in [0.2, 0.25) is 0 Å². The zero-order chi connectivity index (χ0) is 15.6. The van der Waals surface area contributed by atoms with Crippen molar-refractivity contribution < 1.29 is 8.95 Å². The Labute approximate surface area is 134 Å². The molecule has 0 aromatic carbocycles. The second-order valence-electron chi connectivity index (χ2n) is 8.61. The van der Waals surface area contributed by atoms with Gasteiger partial charge in [0.15, 0.2) is 0 Å². The van der Waals surface area contributed by atoms with Crippen LogP contribution < -0.4 is 0 Å². The highest BCUT2D eigenvalue weighted by atomic mass is 32.2. The van der Waals surface area contributed by atoms with Gasteiger partial charge in [0.25, 0.3) is 0 Å². The molecule has 2 aliphatic rings. The van der Waals surface area contributed by atoms with Crippen molar-refractivity contribution in [2.45, 2.75) is 61.8 Å². The van der Waals surface area contributed by atoms with Gasteiger partial charge in [-0.05, 0) is 50.9 Å². The molecule has 3 heteroatoms. The first-order valence-corrected chi connectivity index (χ1v) is 9.89. The first-order valence-electron chi connectivity index (χ1n) is 7.82. The fourth-order valence-corrected chi connectivity index (χ4v) is 5.12. The third-order valence-electron chi connectivity index (χ3n) is 4.68. The Morgan fingerprint density at radius 3 is 1.48 bits per heavy atom. The van der Waals surface area contributed by atoms with Gasteiger partial charge in [-0.3, -0.25) is 4.21 Å². The summed E-state index contributed by atoms with van der Waals surface area (Å²) in [5.74, 6) is 6.87. The monoisotopic (exact) mass is 318 g/mol. The Kier molecular flexibility index (Phi) is 7.49. The number of rotatable bonds is 0. The Hall–Kier alpha value is -0.0200. The molecular weight excluding hydrogens is 280 g/mol. The average molecular weight is 319 g/mol. The number of hydrogen-bond donors (Lipinski definition) is 0. The van der Waals surface area contributed by atoms with Crippen LogP contribution in [0.5, 0.6) is 0 Å². The van der Waals surface area contributed by atoms with Crippen LogP contribution in [-0.2, 0) is 14.3 Å². The van der Waals surface area contributed by atoms with E-state index < -0.39 is 9.52 Å². The minimum atomic E-state index is -1.61. The van der Waals surface area contributed by atoms with E-state index in [1.807, 2.05) is 0 Å². The Morgan fingerprint density at radius 2 is 1.29 bits per heavy atom. The van der Waals surface area contributed by atoms with Gasteiger partial charge in [-0.2, -0.15) is 0 Å². The summed E-state index contributed by atoms with van der Waals surface area (Å²) >= 11 is 0. The molecule has 0 aromatic rings. The molecule has 0 bridgehead atoms. The van der Waals surface area contributed by atoms with Gasteiger partial charge in [0.05, 0.1) is 0 Å². The van der Waals surface area contributed by atoms with Gasteiger partial charge < -0.3 is 4.74 Å². The maximum Gasteiger partial charge on any atom is 0.0468 e. The molecule has 2 aliphatic heterocycles. The van der Waals surface area contributed by atoms with Crippen molar-refractivity contribution >= 4 is 15.4 Å². The van der Waals surface area contributed by atoms with Gasteiger partial charge in [0.1, 0.15) is 0 Å². The molecule has 0 atom stereocenters. The van der Waals surface area contributed by atoms with E-state index in [4.69, 9.17) is 4.74 Å². The third-order valence-corrected chi connectivity index (χ3v) is 6.70. The maximum absolute atomic E-state index is 11.2. The predicted molar refractivity (Wildman–Crippen MR) is 97.7 cm³/mol. The summed E-state index contributed by atoms with van der Waals surface area (Å²) < 4.78 is 16.5. The van der Waals surface area contributed by atoms with Crippen molar-refractivity contribution in [2.75, 3.05) is 24.7 Å². The Bertz CT molecular complexity index is 378. The van der Waals surface area contributed by atoms with Crippen LogP contribution in [-0.4, -0.2) is 34.8 Å². The lowest BCUT2D eigenvalue weighted by Gasteiger charge is -2.40. The molecule has 0 spiro atoms. The lowest BCUT2D eigenvalue weighted by atomic mass is 9.76. The molecule has 0 unspecified atom stereocenters. The van der Waals surface area contributed by atoms with E-state index in [0.29, 0.717) is 16.7 Å². The van der Waals surface area contributed by atoms with Crippen molar-refractivity contribution in [1.82, 2.24) is 0 Å². The molecule has 0 saturated carbocycles. The molecule has 0 aromatic heterocycles. The second kappa shape index (κ2) is 7.50. The largest absolute Gasteiger partial charge is 0.381 e. The van der Waals surface area contributed by atoms with Crippen LogP contribution in [0.25, 0.3) is 0 Å². The van der Waals surface area contributed by atoms with Gasteiger partial charge in [-0.15, -0.1) is 0 Å². The zero-order valence-corrected chi connectivity index (χ0v) is 15.1. The average Bonchev–Trinajstić information content (AvgIpc) is 2.25. The molecule has 0 radical (unpaired) electrons. The maximum atomic E-state index is 11.2. The Morgan fingerprint density at radius 1 is 0.905 bits per heavy atom. The quantitative estimate of drug-likeness (QED) is 0.616. The molecule has 2 fully saturated rings. The molecule has 2 rings (SSSR count). The first-order chi connectivity index (χ1) is 8.92.